The number of nitrogens with one attached hydrogen (secondary N) is 2. The fraction of sp³-hybridized carbons (Fsp3) is 0.889. The van der Waals surface area contributed by atoms with Crippen molar-refractivity contribution in [2.24, 2.45) is 10.4 Å². The second-order valence-electron chi connectivity index (χ2n) is 4.25. The van der Waals surface area contributed by atoms with E-state index in [1.54, 1.807) is 14.1 Å². The van der Waals surface area contributed by atoms with Crippen molar-refractivity contribution in [3.05, 3.63) is 0 Å². The van der Waals surface area contributed by atoms with Crippen LogP contribution >= 0.6 is 0 Å². The number of aliphatic imine (C=N–C) groups is 1. The lowest BCUT2D eigenvalue weighted by atomic mass is 10.1. The molecule has 0 atom stereocenters. The number of hydrogen-bond donors (Lipinski definition) is 2. The predicted molar refractivity (Wildman–Crippen MR) is 61.8 cm³/mol. The van der Waals surface area contributed by atoms with Gasteiger partial charge in [0.15, 0.2) is 5.96 Å². The van der Waals surface area contributed by atoms with E-state index in [-0.39, 0.29) is 11.2 Å². The predicted octanol–water partition coefficient (Wildman–Crippen LogP) is -0.394. The van der Waals surface area contributed by atoms with Gasteiger partial charge in [-0.25, -0.2) is 8.42 Å². The number of hydrogen-bond acceptors (Lipinski definition) is 3. The summed E-state index contributed by atoms with van der Waals surface area (Å²) < 4.78 is 22.4. The van der Waals surface area contributed by atoms with Crippen molar-refractivity contribution in [2.45, 2.75) is 12.8 Å². The maximum Gasteiger partial charge on any atom is 0.190 e. The van der Waals surface area contributed by atoms with Crippen molar-refractivity contribution in [3.63, 3.8) is 0 Å². The minimum Gasteiger partial charge on any atom is -0.359 e. The summed E-state index contributed by atoms with van der Waals surface area (Å²) in [7, 11) is 0.592. The molecule has 1 aliphatic rings. The van der Waals surface area contributed by atoms with Gasteiger partial charge in [-0.3, -0.25) is 4.99 Å². The van der Waals surface area contributed by atoms with Crippen molar-refractivity contribution in [3.8, 4) is 0 Å². The third-order valence-corrected chi connectivity index (χ3v) is 3.75. The van der Waals surface area contributed by atoms with Crippen LogP contribution in [0.3, 0.4) is 0 Å². The molecule has 0 bridgehead atoms. The molecule has 0 aromatic rings. The van der Waals surface area contributed by atoms with Gasteiger partial charge in [0.25, 0.3) is 0 Å². The Labute approximate surface area is 91.3 Å². The molecule has 6 heteroatoms. The Bertz CT molecular complexity index is 344. The van der Waals surface area contributed by atoms with Gasteiger partial charge in [0, 0.05) is 32.3 Å². The molecule has 0 aliphatic heterocycles. The SMILES string of the molecule is CN=C(NC)NCC1(CS(C)(=O)=O)CC1. The first-order chi connectivity index (χ1) is 6.91. The average Bonchev–Trinajstić information content (AvgIpc) is 2.84. The van der Waals surface area contributed by atoms with Crippen molar-refractivity contribution in [1.29, 1.82) is 0 Å². The van der Waals surface area contributed by atoms with Crippen LogP contribution in [-0.2, 0) is 9.84 Å². The van der Waals surface area contributed by atoms with Crippen LogP contribution in [0.2, 0.25) is 0 Å². The largest absolute Gasteiger partial charge is 0.359 e. The zero-order chi connectivity index (χ0) is 11.5. The molecule has 1 fully saturated rings. The first kappa shape index (κ1) is 12.3. The third-order valence-electron chi connectivity index (χ3n) is 2.62. The van der Waals surface area contributed by atoms with Crippen molar-refractivity contribution < 1.29 is 8.42 Å². The van der Waals surface area contributed by atoms with Crippen molar-refractivity contribution in [2.75, 3.05) is 32.6 Å². The Hall–Kier alpha value is -0.780. The lowest BCUT2D eigenvalue weighted by Crippen LogP contribution is -2.39. The highest BCUT2D eigenvalue weighted by Crippen LogP contribution is 2.45. The summed E-state index contributed by atoms with van der Waals surface area (Å²) in [5, 5.41) is 6.02. The van der Waals surface area contributed by atoms with Gasteiger partial charge in [-0.15, -0.1) is 0 Å². The second kappa shape index (κ2) is 4.38. The summed E-state index contributed by atoms with van der Waals surface area (Å²) in [4.78, 5) is 3.98. The Morgan fingerprint density at radius 1 is 1.47 bits per heavy atom. The topological polar surface area (TPSA) is 70.6 Å². The molecule has 5 nitrogen and oxygen atoms in total. The number of rotatable bonds is 4. The normalized spacial score (nSPS) is 19.8. The molecule has 1 aliphatic carbocycles. The molecule has 0 heterocycles. The van der Waals surface area contributed by atoms with Crippen LogP contribution in [0.25, 0.3) is 0 Å². The fourth-order valence-corrected chi connectivity index (χ4v) is 3.16. The van der Waals surface area contributed by atoms with Crippen LogP contribution in [0.15, 0.2) is 4.99 Å². The van der Waals surface area contributed by atoms with Gasteiger partial charge < -0.3 is 10.6 Å². The summed E-state index contributed by atoms with van der Waals surface area (Å²) in [5.41, 5.74) is -0.0552. The molecule has 15 heavy (non-hydrogen) atoms. The lowest BCUT2D eigenvalue weighted by molar-refractivity contribution is 0.530. The second-order valence-corrected chi connectivity index (χ2v) is 6.39. The van der Waals surface area contributed by atoms with Gasteiger partial charge in [0.2, 0.25) is 0 Å². The highest BCUT2D eigenvalue weighted by molar-refractivity contribution is 7.90. The Kier molecular flexibility index (Phi) is 3.59. The van der Waals surface area contributed by atoms with Crippen LogP contribution in [0.1, 0.15) is 12.8 Å². The van der Waals surface area contributed by atoms with E-state index >= 15 is 0 Å². The van der Waals surface area contributed by atoms with E-state index in [2.05, 4.69) is 15.6 Å². The fourth-order valence-electron chi connectivity index (χ4n) is 1.66. The Morgan fingerprint density at radius 3 is 2.40 bits per heavy atom. The van der Waals surface area contributed by atoms with E-state index in [0.29, 0.717) is 12.5 Å². The Balaban J connectivity index is 2.45. The summed E-state index contributed by atoms with van der Waals surface area (Å²) in [5.74, 6) is 0.975. The molecule has 1 rings (SSSR count). The smallest absolute Gasteiger partial charge is 0.190 e. The first-order valence-corrected chi connectivity index (χ1v) is 7.03. The number of sulfone groups is 1. The molecule has 0 spiro atoms. The molecule has 0 aromatic carbocycles. The van der Waals surface area contributed by atoms with E-state index in [9.17, 15) is 8.42 Å². The van der Waals surface area contributed by atoms with Crippen molar-refractivity contribution in [1.82, 2.24) is 10.6 Å². The average molecular weight is 233 g/mol. The van der Waals surface area contributed by atoms with Gasteiger partial charge in [-0.2, -0.15) is 0 Å². The van der Waals surface area contributed by atoms with E-state index in [0.717, 1.165) is 12.8 Å². The minimum atomic E-state index is -2.88. The van der Waals surface area contributed by atoms with Gasteiger partial charge >= 0.3 is 0 Å². The molecular weight excluding hydrogens is 214 g/mol. The third kappa shape index (κ3) is 4.07. The van der Waals surface area contributed by atoms with Crippen LogP contribution < -0.4 is 10.6 Å². The monoisotopic (exact) mass is 233 g/mol. The van der Waals surface area contributed by atoms with Gasteiger partial charge in [-0.1, -0.05) is 0 Å². The molecule has 88 valence electrons. The van der Waals surface area contributed by atoms with E-state index in [4.69, 9.17) is 0 Å². The van der Waals surface area contributed by atoms with Crippen LogP contribution in [-0.4, -0.2) is 47.0 Å². The first-order valence-electron chi connectivity index (χ1n) is 4.97. The lowest BCUT2D eigenvalue weighted by Gasteiger charge is -2.16. The van der Waals surface area contributed by atoms with E-state index < -0.39 is 9.84 Å². The highest BCUT2D eigenvalue weighted by Gasteiger charge is 2.45. The number of guanidine groups is 1. The maximum atomic E-state index is 11.2. The zero-order valence-corrected chi connectivity index (χ0v) is 10.3. The van der Waals surface area contributed by atoms with Gasteiger partial charge in [0.1, 0.15) is 9.84 Å². The van der Waals surface area contributed by atoms with Crippen LogP contribution in [0, 0.1) is 5.41 Å². The molecule has 0 aromatic heterocycles. The Morgan fingerprint density at radius 2 is 2.07 bits per heavy atom. The van der Waals surface area contributed by atoms with E-state index in [1.165, 1.54) is 6.26 Å². The van der Waals surface area contributed by atoms with E-state index in [1.807, 2.05) is 0 Å². The van der Waals surface area contributed by atoms with Crippen LogP contribution in [0.4, 0.5) is 0 Å². The molecule has 0 amide bonds. The molecule has 2 N–H and O–H groups in total. The maximum absolute atomic E-state index is 11.2. The molecule has 0 unspecified atom stereocenters. The quantitative estimate of drug-likeness (QED) is 0.512. The molecule has 0 saturated heterocycles. The zero-order valence-electron chi connectivity index (χ0n) is 9.50. The highest BCUT2D eigenvalue weighted by atomic mass is 32.2. The summed E-state index contributed by atoms with van der Waals surface area (Å²) >= 11 is 0. The van der Waals surface area contributed by atoms with Crippen molar-refractivity contribution >= 4 is 15.8 Å². The standard InChI is InChI=1S/C9H19N3O2S/c1-10-8(11-2)12-6-9(4-5-9)7-15(3,13)14/h4-7H2,1-3H3,(H2,10,11,12). The van der Waals surface area contributed by atoms with Crippen LogP contribution in [0.5, 0.6) is 0 Å². The minimum absolute atomic E-state index is 0.0552. The molecule has 1 saturated carbocycles. The summed E-state index contributed by atoms with van der Waals surface area (Å²) in [6.45, 7) is 0.674. The summed E-state index contributed by atoms with van der Waals surface area (Å²) in [6.07, 6.45) is 3.25. The molecular formula is C9H19N3O2S. The van der Waals surface area contributed by atoms with Gasteiger partial charge in [-0.05, 0) is 12.8 Å². The number of nitrogens with zero attached hydrogens (tertiary/aromatic N) is 1. The summed E-state index contributed by atoms with van der Waals surface area (Å²) in [6, 6.07) is 0. The molecule has 0 radical (unpaired) electrons. The van der Waals surface area contributed by atoms with Gasteiger partial charge in [0.05, 0.1) is 5.75 Å².